The lowest BCUT2D eigenvalue weighted by Crippen LogP contribution is -2.60. The fraction of sp³-hybridized carbons (Fsp3) is 0.929. The molecule has 1 aliphatic heterocycles. The van der Waals surface area contributed by atoms with Crippen LogP contribution in [0.3, 0.4) is 0 Å². The van der Waals surface area contributed by atoms with Gasteiger partial charge < -0.3 is 15.4 Å². The highest BCUT2D eigenvalue weighted by molar-refractivity contribution is 5.85. The van der Waals surface area contributed by atoms with E-state index in [1.165, 1.54) is 0 Å². The first-order chi connectivity index (χ1) is 8.94. The number of rotatable bonds is 7. The molecule has 0 unspecified atom stereocenters. The van der Waals surface area contributed by atoms with Gasteiger partial charge in [0.05, 0.1) is 11.6 Å². The van der Waals surface area contributed by atoms with Crippen molar-refractivity contribution in [2.24, 2.45) is 0 Å². The Morgan fingerprint density at radius 3 is 2.58 bits per heavy atom. The van der Waals surface area contributed by atoms with E-state index in [0.717, 1.165) is 32.6 Å². The normalized spacial score (nSPS) is 17.7. The third-order valence-corrected chi connectivity index (χ3v) is 3.52. The van der Waals surface area contributed by atoms with Gasteiger partial charge in [-0.3, -0.25) is 9.69 Å². The summed E-state index contributed by atoms with van der Waals surface area (Å²) in [4.78, 5) is 14.5. The predicted molar refractivity (Wildman–Crippen MR) is 77.2 cm³/mol. The first-order valence-corrected chi connectivity index (χ1v) is 7.30. The third kappa shape index (κ3) is 5.47. The molecule has 112 valence electrons. The minimum absolute atomic E-state index is 0.110. The third-order valence-electron chi connectivity index (χ3n) is 3.52. The molecule has 1 heterocycles. The molecule has 5 nitrogen and oxygen atoms in total. The van der Waals surface area contributed by atoms with Gasteiger partial charge in [0, 0.05) is 39.3 Å². The molecule has 0 aliphatic carbocycles. The smallest absolute Gasteiger partial charge is 0.239 e. The molecule has 0 aromatic rings. The van der Waals surface area contributed by atoms with E-state index in [-0.39, 0.29) is 12.0 Å². The number of nitrogens with one attached hydrogen (secondary N) is 2. The summed E-state index contributed by atoms with van der Waals surface area (Å²) in [5, 5.41) is 6.32. The largest absolute Gasteiger partial charge is 0.379 e. The zero-order valence-electron chi connectivity index (χ0n) is 12.8. The molecule has 0 aromatic heterocycles. The molecule has 0 radical (unpaired) electrons. The first-order valence-electron chi connectivity index (χ1n) is 7.30. The molecule has 1 saturated heterocycles. The van der Waals surface area contributed by atoms with E-state index in [0.29, 0.717) is 13.2 Å². The summed E-state index contributed by atoms with van der Waals surface area (Å²) >= 11 is 0. The van der Waals surface area contributed by atoms with Crippen molar-refractivity contribution in [2.75, 3.05) is 39.3 Å². The van der Waals surface area contributed by atoms with Gasteiger partial charge in [-0.1, -0.05) is 0 Å². The summed E-state index contributed by atoms with van der Waals surface area (Å²) in [6.45, 7) is 13.2. The number of piperazine rings is 1. The standard InChI is InChI=1S/C14H29N3O2/c1-12(2)19-11-5-6-16-13(18)14(3,4)17-9-7-15-8-10-17/h12,15H,5-11H2,1-4H3,(H,16,18). The van der Waals surface area contributed by atoms with Crippen LogP contribution in [0.15, 0.2) is 0 Å². The number of carbonyl (C=O) groups is 1. The Morgan fingerprint density at radius 2 is 2.00 bits per heavy atom. The first kappa shape index (κ1) is 16.4. The lowest BCUT2D eigenvalue weighted by molar-refractivity contribution is -0.132. The molecular formula is C14H29N3O2. The Bertz CT molecular complexity index is 274. The molecule has 5 heteroatoms. The topological polar surface area (TPSA) is 53.6 Å². The molecule has 19 heavy (non-hydrogen) atoms. The van der Waals surface area contributed by atoms with Gasteiger partial charge in [-0.15, -0.1) is 0 Å². The SMILES string of the molecule is CC(C)OCCCNC(=O)C(C)(C)N1CCNCC1. The lowest BCUT2D eigenvalue weighted by Gasteiger charge is -2.39. The van der Waals surface area contributed by atoms with Crippen molar-refractivity contribution in [2.45, 2.75) is 45.8 Å². The van der Waals surface area contributed by atoms with Crippen molar-refractivity contribution in [3.63, 3.8) is 0 Å². The summed E-state index contributed by atoms with van der Waals surface area (Å²) < 4.78 is 5.46. The highest BCUT2D eigenvalue weighted by atomic mass is 16.5. The highest BCUT2D eigenvalue weighted by Gasteiger charge is 2.34. The van der Waals surface area contributed by atoms with Crippen molar-refractivity contribution in [1.29, 1.82) is 0 Å². The molecule has 0 saturated carbocycles. The molecule has 0 aromatic carbocycles. The van der Waals surface area contributed by atoms with Crippen molar-refractivity contribution < 1.29 is 9.53 Å². The minimum Gasteiger partial charge on any atom is -0.379 e. The van der Waals surface area contributed by atoms with Crippen molar-refractivity contribution in [3.05, 3.63) is 0 Å². The summed E-state index contributed by atoms with van der Waals surface area (Å²) in [6.07, 6.45) is 1.12. The predicted octanol–water partition coefficient (Wildman–Crippen LogP) is 0.602. The van der Waals surface area contributed by atoms with Crippen LogP contribution in [0.5, 0.6) is 0 Å². The van der Waals surface area contributed by atoms with Crippen LogP contribution in [0, 0.1) is 0 Å². The fourth-order valence-electron chi connectivity index (χ4n) is 2.18. The Labute approximate surface area is 117 Å². The zero-order chi connectivity index (χ0) is 14.3. The van der Waals surface area contributed by atoms with E-state index >= 15 is 0 Å². The van der Waals surface area contributed by atoms with E-state index in [1.54, 1.807) is 0 Å². The molecular weight excluding hydrogens is 242 g/mol. The number of carbonyl (C=O) groups excluding carboxylic acids is 1. The van der Waals surface area contributed by atoms with Gasteiger partial charge in [0.2, 0.25) is 5.91 Å². The zero-order valence-corrected chi connectivity index (χ0v) is 12.8. The van der Waals surface area contributed by atoms with Crippen LogP contribution in [0.4, 0.5) is 0 Å². The summed E-state index contributed by atoms with van der Waals surface area (Å²) in [5.74, 6) is 0.110. The summed E-state index contributed by atoms with van der Waals surface area (Å²) in [5.41, 5.74) is -0.430. The Kier molecular flexibility index (Phi) is 6.75. The van der Waals surface area contributed by atoms with Gasteiger partial charge in [-0.2, -0.15) is 0 Å². The number of nitrogens with zero attached hydrogens (tertiary/aromatic N) is 1. The van der Waals surface area contributed by atoms with Crippen LogP contribution in [-0.2, 0) is 9.53 Å². The molecule has 2 N–H and O–H groups in total. The second kappa shape index (κ2) is 7.82. The number of hydrogen-bond donors (Lipinski definition) is 2. The maximum Gasteiger partial charge on any atom is 0.239 e. The van der Waals surface area contributed by atoms with E-state index < -0.39 is 5.54 Å². The van der Waals surface area contributed by atoms with E-state index in [9.17, 15) is 4.79 Å². The fourth-order valence-corrected chi connectivity index (χ4v) is 2.18. The van der Waals surface area contributed by atoms with Crippen molar-refractivity contribution >= 4 is 5.91 Å². The molecule has 0 spiro atoms. The lowest BCUT2D eigenvalue weighted by atomic mass is 10.0. The maximum atomic E-state index is 12.2. The second-order valence-corrected chi connectivity index (χ2v) is 5.83. The van der Waals surface area contributed by atoms with Crippen LogP contribution in [-0.4, -0.2) is 61.8 Å². The monoisotopic (exact) mass is 271 g/mol. The summed E-state index contributed by atoms with van der Waals surface area (Å²) in [6, 6.07) is 0. The molecule has 1 amide bonds. The second-order valence-electron chi connectivity index (χ2n) is 5.83. The number of amides is 1. The van der Waals surface area contributed by atoms with Gasteiger partial charge in [-0.25, -0.2) is 0 Å². The van der Waals surface area contributed by atoms with Gasteiger partial charge in [0.1, 0.15) is 0 Å². The highest BCUT2D eigenvalue weighted by Crippen LogP contribution is 2.15. The average Bonchev–Trinajstić information content (AvgIpc) is 2.38. The van der Waals surface area contributed by atoms with Crippen molar-refractivity contribution in [1.82, 2.24) is 15.5 Å². The quantitative estimate of drug-likeness (QED) is 0.666. The molecule has 1 aliphatic rings. The van der Waals surface area contributed by atoms with Crippen LogP contribution < -0.4 is 10.6 Å². The Balaban J connectivity index is 2.26. The van der Waals surface area contributed by atoms with Gasteiger partial charge in [0.25, 0.3) is 0 Å². The van der Waals surface area contributed by atoms with Crippen LogP contribution in [0.25, 0.3) is 0 Å². The minimum atomic E-state index is -0.430. The van der Waals surface area contributed by atoms with E-state index in [4.69, 9.17) is 4.74 Å². The molecule has 0 bridgehead atoms. The van der Waals surface area contributed by atoms with E-state index in [1.807, 2.05) is 27.7 Å². The average molecular weight is 271 g/mol. The molecule has 1 fully saturated rings. The maximum absolute atomic E-state index is 12.2. The van der Waals surface area contributed by atoms with Crippen LogP contribution in [0.2, 0.25) is 0 Å². The van der Waals surface area contributed by atoms with Crippen molar-refractivity contribution in [3.8, 4) is 0 Å². The summed E-state index contributed by atoms with van der Waals surface area (Å²) in [7, 11) is 0. The van der Waals surface area contributed by atoms with Gasteiger partial charge in [0.15, 0.2) is 0 Å². The van der Waals surface area contributed by atoms with Crippen LogP contribution in [0.1, 0.15) is 34.1 Å². The Hall–Kier alpha value is -0.650. The van der Waals surface area contributed by atoms with Gasteiger partial charge >= 0.3 is 0 Å². The van der Waals surface area contributed by atoms with E-state index in [2.05, 4.69) is 15.5 Å². The number of ether oxygens (including phenoxy) is 1. The van der Waals surface area contributed by atoms with Gasteiger partial charge in [-0.05, 0) is 34.1 Å². The molecule has 1 rings (SSSR count). The van der Waals surface area contributed by atoms with Crippen LogP contribution >= 0.6 is 0 Å². The Morgan fingerprint density at radius 1 is 1.37 bits per heavy atom. The number of hydrogen-bond acceptors (Lipinski definition) is 4. The molecule has 0 atom stereocenters.